The smallest absolute Gasteiger partial charge is 0.379 e. The molecule has 1 heterocycles. The van der Waals surface area contributed by atoms with Crippen LogP contribution in [-0.2, 0) is 10.5 Å². The van der Waals surface area contributed by atoms with Crippen LogP contribution in [0.2, 0.25) is 0 Å². The van der Waals surface area contributed by atoms with E-state index in [0.29, 0.717) is 11.3 Å². The lowest BCUT2D eigenvalue weighted by Gasteiger charge is -2.17. The highest BCUT2D eigenvalue weighted by atomic mass is 16.6. The molecule has 0 aliphatic carbocycles. The molecule has 1 aromatic rings. The van der Waals surface area contributed by atoms with E-state index in [1.807, 2.05) is 0 Å². The van der Waals surface area contributed by atoms with Crippen molar-refractivity contribution in [3.8, 4) is 5.75 Å². The standard InChI is InChI=1S/C13H13N3O5/c1-21-10-4-2-9(3-5-10)13(7-6-12(17)18)14-8-11(15-13)16(19)20/h2-5,8H,6-7H2,1H3,(H,17,18)/t13-/m1/s1. The van der Waals surface area contributed by atoms with E-state index in [9.17, 15) is 14.9 Å². The molecule has 0 fully saturated rings. The van der Waals surface area contributed by atoms with Crippen LogP contribution in [0.5, 0.6) is 5.75 Å². The summed E-state index contributed by atoms with van der Waals surface area (Å²) >= 11 is 0. The fourth-order valence-corrected chi connectivity index (χ4v) is 2.04. The molecule has 8 nitrogen and oxygen atoms in total. The molecule has 8 heteroatoms. The average molecular weight is 291 g/mol. The molecule has 0 unspecified atom stereocenters. The first-order chi connectivity index (χ1) is 9.97. The number of nitro groups is 1. The summed E-state index contributed by atoms with van der Waals surface area (Å²) in [6.45, 7) is 0. The van der Waals surface area contributed by atoms with Crippen molar-refractivity contribution in [1.82, 2.24) is 0 Å². The van der Waals surface area contributed by atoms with E-state index >= 15 is 0 Å². The topological polar surface area (TPSA) is 114 Å². The number of hydrogen-bond acceptors (Lipinski definition) is 6. The maximum absolute atomic E-state index is 10.8. The van der Waals surface area contributed by atoms with Crippen molar-refractivity contribution in [1.29, 1.82) is 0 Å². The number of benzene rings is 1. The number of methoxy groups -OCH3 is 1. The maximum atomic E-state index is 10.8. The third kappa shape index (κ3) is 3.04. The number of carbonyl (C=O) groups is 1. The molecular weight excluding hydrogens is 278 g/mol. The van der Waals surface area contributed by atoms with Crippen LogP contribution in [0.1, 0.15) is 18.4 Å². The van der Waals surface area contributed by atoms with Crippen LogP contribution in [0.15, 0.2) is 34.3 Å². The van der Waals surface area contributed by atoms with Crippen LogP contribution in [0.25, 0.3) is 0 Å². The number of carboxylic acids is 1. The molecule has 1 aliphatic rings. The average Bonchev–Trinajstić information content (AvgIpc) is 2.91. The molecule has 1 aliphatic heterocycles. The van der Waals surface area contributed by atoms with Gasteiger partial charge in [-0.3, -0.25) is 4.79 Å². The van der Waals surface area contributed by atoms with Gasteiger partial charge in [0.1, 0.15) is 12.0 Å². The molecule has 1 aromatic carbocycles. The third-order valence-electron chi connectivity index (χ3n) is 3.12. The molecule has 21 heavy (non-hydrogen) atoms. The maximum Gasteiger partial charge on any atom is 0.379 e. The van der Waals surface area contributed by atoms with Gasteiger partial charge in [-0.15, -0.1) is 0 Å². The summed E-state index contributed by atoms with van der Waals surface area (Å²) < 4.78 is 5.05. The lowest BCUT2D eigenvalue weighted by Crippen LogP contribution is -2.21. The summed E-state index contributed by atoms with van der Waals surface area (Å²) in [7, 11) is 1.52. The molecule has 0 amide bonds. The number of nitrogens with zero attached hydrogens (tertiary/aromatic N) is 3. The molecule has 2 rings (SSSR count). The van der Waals surface area contributed by atoms with Crippen molar-refractivity contribution in [2.75, 3.05) is 7.11 Å². The van der Waals surface area contributed by atoms with Gasteiger partial charge in [0.15, 0.2) is 0 Å². The van der Waals surface area contributed by atoms with Gasteiger partial charge in [0, 0.05) is 12.0 Å². The van der Waals surface area contributed by atoms with Gasteiger partial charge in [-0.2, -0.15) is 0 Å². The third-order valence-corrected chi connectivity index (χ3v) is 3.12. The van der Waals surface area contributed by atoms with E-state index in [1.165, 1.54) is 7.11 Å². The summed E-state index contributed by atoms with van der Waals surface area (Å²) in [4.78, 5) is 29.1. The minimum absolute atomic E-state index is 0.0441. The SMILES string of the molecule is COc1ccc([C@]2(CCC(=O)O)N=CC([N+](=O)[O-])=N2)cc1. The van der Waals surface area contributed by atoms with E-state index in [-0.39, 0.29) is 18.7 Å². The zero-order valence-corrected chi connectivity index (χ0v) is 11.2. The Kier molecular flexibility index (Phi) is 3.97. The fraction of sp³-hybridized carbons (Fsp3) is 0.308. The van der Waals surface area contributed by atoms with Gasteiger partial charge >= 0.3 is 11.8 Å². The normalized spacial score (nSPS) is 20.1. The zero-order chi connectivity index (χ0) is 15.5. The Balaban J connectivity index is 2.39. The van der Waals surface area contributed by atoms with E-state index in [4.69, 9.17) is 9.84 Å². The van der Waals surface area contributed by atoms with Gasteiger partial charge in [-0.1, -0.05) is 0 Å². The largest absolute Gasteiger partial charge is 0.497 e. The van der Waals surface area contributed by atoms with Gasteiger partial charge < -0.3 is 20.0 Å². The fourth-order valence-electron chi connectivity index (χ4n) is 2.04. The number of amidine groups is 1. The molecule has 0 spiro atoms. The Hall–Kier alpha value is -2.77. The Bertz CT molecular complexity index is 623. The van der Waals surface area contributed by atoms with E-state index in [0.717, 1.165) is 6.21 Å². The molecule has 0 radical (unpaired) electrons. The number of ether oxygens (including phenoxy) is 1. The summed E-state index contributed by atoms with van der Waals surface area (Å²) in [5.74, 6) is -0.772. The highest BCUT2D eigenvalue weighted by Crippen LogP contribution is 2.36. The lowest BCUT2D eigenvalue weighted by atomic mass is 9.95. The van der Waals surface area contributed by atoms with E-state index < -0.39 is 16.6 Å². The molecule has 0 saturated carbocycles. The number of hydrogen-bond donors (Lipinski definition) is 1. The first kappa shape index (κ1) is 14.6. The summed E-state index contributed by atoms with van der Waals surface area (Å²) in [6.07, 6.45) is 0.909. The number of rotatable bonds is 5. The van der Waals surface area contributed by atoms with Crippen molar-refractivity contribution in [3.05, 3.63) is 39.9 Å². The highest BCUT2D eigenvalue weighted by Gasteiger charge is 2.43. The van der Waals surface area contributed by atoms with Crippen LogP contribution in [-0.4, -0.2) is 35.2 Å². The van der Waals surface area contributed by atoms with Gasteiger partial charge in [-0.05, 0) is 34.2 Å². The molecule has 0 saturated heterocycles. The summed E-state index contributed by atoms with van der Waals surface area (Å²) in [5.41, 5.74) is -0.676. The Morgan fingerprint density at radius 3 is 2.57 bits per heavy atom. The molecule has 1 atom stereocenters. The van der Waals surface area contributed by atoms with Gasteiger partial charge in [0.25, 0.3) is 5.66 Å². The second-order valence-electron chi connectivity index (χ2n) is 4.42. The van der Waals surface area contributed by atoms with Gasteiger partial charge in [0.05, 0.1) is 13.5 Å². The van der Waals surface area contributed by atoms with Crippen molar-refractivity contribution < 1.29 is 19.6 Å². The van der Waals surface area contributed by atoms with Crippen molar-refractivity contribution in [2.24, 2.45) is 9.98 Å². The number of aliphatic carboxylic acids is 1. The molecule has 110 valence electrons. The van der Waals surface area contributed by atoms with Crippen molar-refractivity contribution in [2.45, 2.75) is 18.5 Å². The Morgan fingerprint density at radius 1 is 1.43 bits per heavy atom. The first-order valence-corrected chi connectivity index (χ1v) is 6.13. The Labute approximate surface area is 119 Å². The van der Waals surface area contributed by atoms with Crippen LogP contribution in [0, 0.1) is 10.1 Å². The molecular formula is C13H13N3O5. The van der Waals surface area contributed by atoms with Crippen LogP contribution >= 0.6 is 0 Å². The quantitative estimate of drug-likeness (QED) is 0.651. The predicted octanol–water partition coefficient (Wildman–Crippen LogP) is 1.47. The summed E-state index contributed by atoms with van der Waals surface area (Å²) in [6, 6.07) is 6.69. The van der Waals surface area contributed by atoms with Crippen LogP contribution in [0.3, 0.4) is 0 Å². The first-order valence-electron chi connectivity index (χ1n) is 6.13. The Morgan fingerprint density at radius 2 is 2.10 bits per heavy atom. The van der Waals surface area contributed by atoms with E-state index in [1.54, 1.807) is 24.3 Å². The monoisotopic (exact) mass is 291 g/mol. The summed E-state index contributed by atoms with van der Waals surface area (Å²) in [5, 5.41) is 19.6. The second kappa shape index (κ2) is 5.70. The van der Waals surface area contributed by atoms with Crippen LogP contribution in [0.4, 0.5) is 0 Å². The molecule has 1 N–H and O–H groups in total. The molecule has 0 aromatic heterocycles. The van der Waals surface area contributed by atoms with Gasteiger partial charge in [0.2, 0.25) is 0 Å². The minimum atomic E-state index is -1.26. The number of carboxylic acid groups (broad SMARTS) is 1. The predicted molar refractivity (Wildman–Crippen MR) is 74.5 cm³/mol. The van der Waals surface area contributed by atoms with Crippen molar-refractivity contribution in [3.63, 3.8) is 0 Å². The van der Waals surface area contributed by atoms with Gasteiger partial charge in [-0.25, -0.2) is 4.99 Å². The van der Waals surface area contributed by atoms with E-state index in [2.05, 4.69) is 9.98 Å². The van der Waals surface area contributed by atoms with Crippen molar-refractivity contribution >= 4 is 18.0 Å². The zero-order valence-electron chi connectivity index (χ0n) is 11.2. The highest BCUT2D eigenvalue weighted by molar-refractivity contribution is 6.26. The number of aliphatic imine (C=N–C) groups is 2. The molecule has 0 bridgehead atoms. The minimum Gasteiger partial charge on any atom is -0.497 e. The van der Waals surface area contributed by atoms with Crippen LogP contribution < -0.4 is 4.74 Å². The second-order valence-corrected chi connectivity index (χ2v) is 4.42. The lowest BCUT2D eigenvalue weighted by molar-refractivity contribution is -0.345.